The Morgan fingerprint density at radius 1 is 1.23 bits per heavy atom. The molecule has 1 aliphatic heterocycles. The van der Waals surface area contributed by atoms with Crippen molar-refractivity contribution in [3.05, 3.63) is 70.6 Å². The first-order valence-corrected chi connectivity index (χ1v) is 10.6. The molecule has 2 atom stereocenters. The number of aliphatic hydroxyl groups excluding tert-OH is 1. The Hall–Kier alpha value is -2.76. The zero-order chi connectivity index (χ0) is 22.1. The summed E-state index contributed by atoms with van der Waals surface area (Å²) in [7, 11) is 0. The van der Waals surface area contributed by atoms with Crippen LogP contribution in [0.1, 0.15) is 43.9 Å². The van der Waals surface area contributed by atoms with Crippen molar-refractivity contribution in [1.82, 2.24) is 4.98 Å². The predicted molar refractivity (Wildman–Crippen MR) is 120 cm³/mol. The molecular formula is C25H23ClFNO3. The molecule has 1 N–H and O–H groups in total. The van der Waals surface area contributed by atoms with E-state index in [9.17, 15) is 14.3 Å². The molecule has 4 nitrogen and oxygen atoms in total. The molecule has 31 heavy (non-hydrogen) atoms. The maximum atomic E-state index is 13.6. The van der Waals surface area contributed by atoms with Gasteiger partial charge in [-0.05, 0) is 47.9 Å². The molecule has 4 rings (SSSR count). The van der Waals surface area contributed by atoms with Crippen LogP contribution in [0.15, 0.2) is 48.5 Å². The smallest absolute Gasteiger partial charge is 0.309 e. The Labute approximate surface area is 185 Å². The fraction of sp³-hybridized carbons (Fsp3) is 0.280. The highest BCUT2D eigenvalue weighted by atomic mass is 35.5. The van der Waals surface area contributed by atoms with Crippen molar-refractivity contribution in [2.24, 2.45) is 0 Å². The van der Waals surface area contributed by atoms with Gasteiger partial charge in [0.1, 0.15) is 11.9 Å². The lowest BCUT2D eigenvalue weighted by atomic mass is 9.90. The van der Waals surface area contributed by atoms with Crippen LogP contribution in [0.25, 0.3) is 28.1 Å². The molecule has 0 radical (unpaired) electrons. The van der Waals surface area contributed by atoms with Crippen LogP contribution in [0.4, 0.5) is 4.39 Å². The van der Waals surface area contributed by atoms with E-state index in [0.29, 0.717) is 11.4 Å². The molecule has 160 valence electrons. The van der Waals surface area contributed by atoms with Gasteiger partial charge in [-0.1, -0.05) is 43.7 Å². The van der Waals surface area contributed by atoms with Gasteiger partial charge in [-0.2, -0.15) is 0 Å². The number of aromatic nitrogens is 1. The third-order valence-corrected chi connectivity index (χ3v) is 5.60. The number of halogens is 2. The highest BCUT2D eigenvalue weighted by Gasteiger charge is 2.26. The van der Waals surface area contributed by atoms with Crippen molar-refractivity contribution in [2.45, 2.75) is 44.8 Å². The number of fused-ring (bicyclic) bond motifs is 1. The van der Waals surface area contributed by atoms with Gasteiger partial charge in [-0.15, -0.1) is 0 Å². The standard InChI is InChI=1S/C25H23ClFNO3/c1-14(2)25-20(9-8-19-12-18(29)13-23(30)31-19)24(15-3-6-17(27)7-4-15)21-11-16(26)5-10-22(21)28-25/h3-11,14,18-19,29H,12-13H2,1-2H3/t18-,19-/m0/s1. The van der Waals surface area contributed by atoms with E-state index in [0.717, 1.165) is 33.3 Å². The van der Waals surface area contributed by atoms with Crippen LogP contribution < -0.4 is 0 Å². The fourth-order valence-electron chi connectivity index (χ4n) is 3.94. The van der Waals surface area contributed by atoms with Crippen molar-refractivity contribution >= 4 is 34.5 Å². The molecule has 0 aliphatic carbocycles. The summed E-state index contributed by atoms with van der Waals surface area (Å²) in [4.78, 5) is 16.6. The number of carbonyl (C=O) groups excluding carboxylic acids is 1. The minimum Gasteiger partial charge on any atom is -0.458 e. The Balaban J connectivity index is 1.94. The first-order valence-electron chi connectivity index (χ1n) is 10.3. The van der Waals surface area contributed by atoms with Gasteiger partial charge in [0.15, 0.2) is 0 Å². The van der Waals surface area contributed by atoms with E-state index in [4.69, 9.17) is 21.3 Å². The summed E-state index contributed by atoms with van der Waals surface area (Å²) in [6.07, 6.45) is 2.79. The Kier molecular flexibility index (Phi) is 6.08. The molecule has 1 saturated heterocycles. The zero-order valence-corrected chi connectivity index (χ0v) is 18.1. The van der Waals surface area contributed by atoms with Crippen LogP contribution in [-0.4, -0.2) is 28.3 Å². The third kappa shape index (κ3) is 4.63. The number of benzene rings is 2. The number of esters is 1. The molecule has 2 aromatic carbocycles. The van der Waals surface area contributed by atoms with E-state index in [2.05, 4.69) is 13.8 Å². The van der Waals surface area contributed by atoms with E-state index in [1.807, 2.05) is 18.2 Å². The monoisotopic (exact) mass is 439 g/mol. The van der Waals surface area contributed by atoms with E-state index < -0.39 is 18.2 Å². The molecule has 1 fully saturated rings. The number of carbonyl (C=O) groups is 1. The second kappa shape index (κ2) is 8.77. The molecule has 0 bridgehead atoms. The molecule has 0 unspecified atom stereocenters. The summed E-state index contributed by atoms with van der Waals surface area (Å²) in [5, 5.41) is 11.4. The van der Waals surface area contributed by atoms with Gasteiger partial charge >= 0.3 is 5.97 Å². The number of cyclic esters (lactones) is 1. The summed E-state index contributed by atoms with van der Waals surface area (Å²) >= 11 is 6.30. The largest absolute Gasteiger partial charge is 0.458 e. The number of nitrogens with zero attached hydrogens (tertiary/aromatic N) is 1. The number of pyridine rings is 1. The Morgan fingerprint density at radius 2 is 1.97 bits per heavy atom. The van der Waals surface area contributed by atoms with E-state index in [1.165, 1.54) is 12.1 Å². The molecule has 0 saturated carbocycles. The normalized spacial score (nSPS) is 19.4. The fourth-order valence-corrected chi connectivity index (χ4v) is 4.11. The highest BCUT2D eigenvalue weighted by Crippen LogP contribution is 2.38. The van der Waals surface area contributed by atoms with Crippen molar-refractivity contribution in [3.63, 3.8) is 0 Å². The average molecular weight is 440 g/mol. The second-order valence-electron chi connectivity index (χ2n) is 8.09. The van der Waals surface area contributed by atoms with Gasteiger partial charge < -0.3 is 9.84 Å². The number of ether oxygens (including phenoxy) is 1. The van der Waals surface area contributed by atoms with Gasteiger partial charge in [0.05, 0.1) is 23.7 Å². The Bertz CT molecular complexity index is 1160. The highest BCUT2D eigenvalue weighted by molar-refractivity contribution is 6.31. The first-order chi connectivity index (χ1) is 14.8. The van der Waals surface area contributed by atoms with Crippen LogP contribution in [0.5, 0.6) is 0 Å². The molecule has 3 aromatic rings. The summed E-state index contributed by atoms with van der Waals surface area (Å²) in [6, 6.07) is 11.8. The van der Waals surface area contributed by atoms with Crippen molar-refractivity contribution in [3.8, 4) is 11.1 Å². The third-order valence-electron chi connectivity index (χ3n) is 5.36. The van der Waals surface area contributed by atoms with Crippen LogP contribution >= 0.6 is 11.6 Å². The molecule has 0 spiro atoms. The molecule has 6 heteroatoms. The van der Waals surface area contributed by atoms with Crippen LogP contribution in [0, 0.1) is 5.82 Å². The average Bonchev–Trinajstić information content (AvgIpc) is 2.71. The van der Waals surface area contributed by atoms with Crippen LogP contribution in [0.2, 0.25) is 5.02 Å². The van der Waals surface area contributed by atoms with Gasteiger partial charge in [-0.25, -0.2) is 4.39 Å². The predicted octanol–water partition coefficient (Wildman–Crippen LogP) is 5.90. The lowest BCUT2D eigenvalue weighted by Crippen LogP contribution is -2.31. The van der Waals surface area contributed by atoms with Crippen molar-refractivity contribution < 1.29 is 19.0 Å². The number of hydrogen-bond donors (Lipinski definition) is 1. The minimum absolute atomic E-state index is 0.0123. The molecular weight excluding hydrogens is 417 g/mol. The van der Waals surface area contributed by atoms with Gasteiger partial charge in [0.2, 0.25) is 0 Å². The van der Waals surface area contributed by atoms with Crippen LogP contribution in [0.3, 0.4) is 0 Å². The van der Waals surface area contributed by atoms with Crippen LogP contribution in [-0.2, 0) is 9.53 Å². The summed E-state index contributed by atoms with van der Waals surface area (Å²) in [5.41, 5.74) is 4.23. The maximum absolute atomic E-state index is 13.6. The topological polar surface area (TPSA) is 59.4 Å². The number of aliphatic hydroxyl groups is 1. The molecule has 1 aromatic heterocycles. The molecule has 1 aliphatic rings. The quantitative estimate of drug-likeness (QED) is 0.514. The van der Waals surface area contributed by atoms with Crippen molar-refractivity contribution in [1.29, 1.82) is 0 Å². The summed E-state index contributed by atoms with van der Waals surface area (Å²) in [6.45, 7) is 4.11. The number of rotatable bonds is 4. The molecule has 2 heterocycles. The van der Waals surface area contributed by atoms with Gasteiger partial charge in [0.25, 0.3) is 0 Å². The second-order valence-corrected chi connectivity index (χ2v) is 8.53. The summed E-state index contributed by atoms with van der Waals surface area (Å²) in [5.74, 6) is -0.623. The minimum atomic E-state index is -0.717. The van der Waals surface area contributed by atoms with E-state index in [-0.39, 0.29) is 18.2 Å². The lowest BCUT2D eigenvalue weighted by molar-refractivity contribution is -0.156. The number of hydrogen-bond acceptors (Lipinski definition) is 4. The lowest BCUT2D eigenvalue weighted by Gasteiger charge is -2.24. The SMILES string of the molecule is CC(C)c1nc2ccc(Cl)cc2c(-c2ccc(F)cc2)c1C=C[C@H]1C[C@H](O)CC(=O)O1. The molecule has 0 amide bonds. The Morgan fingerprint density at radius 3 is 2.65 bits per heavy atom. The summed E-state index contributed by atoms with van der Waals surface area (Å²) < 4.78 is 19.0. The van der Waals surface area contributed by atoms with Crippen molar-refractivity contribution in [2.75, 3.05) is 0 Å². The maximum Gasteiger partial charge on any atom is 0.309 e. The van der Waals surface area contributed by atoms with E-state index in [1.54, 1.807) is 24.3 Å². The van der Waals surface area contributed by atoms with Gasteiger partial charge in [-0.3, -0.25) is 9.78 Å². The van der Waals surface area contributed by atoms with E-state index >= 15 is 0 Å². The first kappa shape index (κ1) is 21.5. The zero-order valence-electron chi connectivity index (χ0n) is 17.3. The van der Waals surface area contributed by atoms with Gasteiger partial charge in [0, 0.05) is 28.0 Å².